The van der Waals surface area contributed by atoms with Gasteiger partial charge in [0, 0.05) is 13.2 Å². The topological polar surface area (TPSA) is 122 Å². The predicted molar refractivity (Wildman–Crippen MR) is 86.3 cm³/mol. The van der Waals surface area contributed by atoms with Crippen LogP contribution in [0.3, 0.4) is 0 Å². The molecule has 2 unspecified atom stereocenters. The van der Waals surface area contributed by atoms with Gasteiger partial charge in [-0.05, 0) is 19.3 Å². The lowest BCUT2D eigenvalue weighted by atomic mass is 10.1. The fourth-order valence-corrected chi connectivity index (χ4v) is 2.54. The van der Waals surface area contributed by atoms with Crippen LogP contribution in [0.25, 0.3) is 0 Å². The van der Waals surface area contributed by atoms with Crippen molar-refractivity contribution in [3.05, 3.63) is 10.4 Å². The third kappa shape index (κ3) is 3.52. The summed E-state index contributed by atoms with van der Waals surface area (Å²) >= 11 is 0. The number of anilines is 3. The van der Waals surface area contributed by atoms with Gasteiger partial charge in [0.25, 0.3) is 5.56 Å². The molecule has 1 fully saturated rings. The fraction of sp³-hybridized carbons (Fsp3) is 0.636. The number of hydrogen-bond acceptors (Lipinski definition) is 7. The zero-order chi connectivity index (χ0) is 13.4. The molecule has 1 aromatic heterocycles. The Morgan fingerprint density at radius 3 is 2.81 bits per heavy atom. The average molecular weight is 339 g/mol. The first-order chi connectivity index (χ1) is 9.15. The highest BCUT2D eigenvalue weighted by molar-refractivity contribution is 5.85. The second kappa shape index (κ2) is 7.17. The molecular weight excluding hydrogens is 319 g/mol. The Balaban J connectivity index is 0.00000110. The van der Waals surface area contributed by atoms with Gasteiger partial charge in [0.2, 0.25) is 5.95 Å². The molecule has 3 rings (SSSR count). The van der Waals surface area contributed by atoms with E-state index in [1.165, 1.54) is 0 Å². The van der Waals surface area contributed by atoms with E-state index < -0.39 is 6.29 Å². The van der Waals surface area contributed by atoms with Gasteiger partial charge in [-0.25, -0.2) is 0 Å². The van der Waals surface area contributed by atoms with Crippen molar-refractivity contribution in [2.45, 2.75) is 31.7 Å². The normalized spacial score (nSPS) is 23.6. The SMILES string of the molecule is Cl.Cl.Nc1nc2c(c(=O)[nH]1)NC(N)N2CC1CCCCO1. The van der Waals surface area contributed by atoms with Crippen LogP contribution < -0.4 is 27.2 Å². The number of ether oxygens (including phenoxy) is 1. The van der Waals surface area contributed by atoms with E-state index in [0.717, 1.165) is 25.9 Å². The molecule has 2 atom stereocenters. The molecular formula is C11H20Cl2N6O2. The van der Waals surface area contributed by atoms with Crippen molar-refractivity contribution in [1.82, 2.24) is 9.97 Å². The van der Waals surface area contributed by atoms with Crippen LogP contribution in [0.1, 0.15) is 19.3 Å². The zero-order valence-corrected chi connectivity index (χ0v) is 13.0. The van der Waals surface area contributed by atoms with Gasteiger partial charge in [-0.3, -0.25) is 15.5 Å². The van der Waals surface area contributed by atoms with E-state index in [9.17, 15) is 4.79 Å². The summed E-state index contributed by atoms with van der Waals surface area (Å²) in [7, 11) is 0. The van der Waals surface area contributed by atoms with E-state index in [-0.39, 0.29) is 42.4 Å². The highest BCUT2D eigenvalue weighted by Gasteiger charge is 2.32. The summed E-state index contributed by atoms with van der Waals surface area (Å²) in [6.45, 7) is 1.38. The molecule has 0 radical (unpaired) electrons. The van der Waals surface area contributed by atoms with Crippen LogP contribution in [-0.2, 0) is 4.74 Å². The minimum absolute atomic E-state index is 0. The van der Waals surface area contributed by atoms with Crippen LogP contribution in [0.15, 0.2) is 4.79 Å². The van der Waals surface area contributed by atoms with E-state index in [4.69, 9.17) is 16.2 Å². The molecule has 0 spiro atoms. The minimum atomic E-state index is -0.476. The predicted octanol–water partition coefficient (Wildman–Crippen LogP) is 0.239. The lowest BCUT2D eigenvalue weighted by Crippen LogP contribution is -2.47. The molecule has 3 heterocycles. The summed E-state index contributed by atoms with van der Waals surface area (Å²) in [5.41, 5.74) is 11.6. The van der Waals surface area contributed by atoms with Crippen molar-refractivity contribution in [2.24, 2.45) is 5.73 Å². The Morgan fingerprint density at radius 2 is 2.14 bits per heavy atom. The van der Waals surface area contributed by atoms with E-state index in [2.05, 4.69) is 15.3 Å². The Morgan fingerprint density at radius 1 is 1.38 bits per heavy atom. The lowest BCUT2D eigenvalue weighted by Gasteiger charge is -2.30. The van der Waals surface area contributed by atoms with E-state index in [0.29, 0.717) is 18.1 Å². The van der Waals surface area contributed by atoms with Crippen LogP contribution in [0.5, 0.6) is 0 Å². The van der Waals surface area contributed by atoms with Gasteiger partial charge in [0.1, 0.15) is 5.69 Å². The molecule has 0 aliphatic carbocycles. The molecule has 120 valence electrons. The van der Waals surface area contributed by atoms with Crippen molar-refractivity contribution < 1.29 is 4.74 Å². The smallest absolute Gasteiger partial charge is 0.277 e. The second-order valence-corrected chi connectivity index (χ2v) is 4.88. The number of H-pyrrole nitrogens is 1. The molecule has 2 aliphatic heterocycles. The van der Waals surface area contributed by atoms with Gasteiger partial charge in [-0.2, -0.15) is 4.98 Å². The number of aromatic nitrogens is 2. The number of fused-ring (bicyclic) bond motifs is 1. The van der Waals surface area contributed by atoms with Crippen molar-refractivity contribution in [2.75, 3.05) is 29.1 Å². The Labute approximate surface area is 134 Å². The Hall–Kier alpha value is -1.22. The molecule has 0 amide bonds. The van der Waals surface area contributed by atoms with Gasteiger partial charge in [0.05, 0.1) is 6.10 Å². The quantitative estimate of drug-likeness (QED) is 0.609. The molecule has 6 N–H and O–H groups in total. The first-order valence-corrected chi connectivity index (χ1v) is 6.45. The molecule has 0 bridgehead atoms. The summed E-state index contributed by atoms with van der Waals surface area (Å²) < 4.78 is 5.69. The molecule has 10 heteroatoms. The van der Waals surface area contributed by atoms with Crippen LogP contribution in [0.4, 0.5) is 17.5 Å². The second-order valence-electron chi connectivity index (χ2n) is 4.88. The molecule has 8 nitrogen and oxygen atoms in total. The van der Waals surface area contributed by atoms with Crippen LogP contribution >= 0.6 is 24.8 Å². The largest absolute Gasteiger partial charge is 0.376 e. The van der Waals surface area contributed by atoms with Gasteiger partial charge in [0.15, 0.2) is 12.1 Å². The zero-order valence-electron chi connectivity index (χ0n) is 11.4. The number of rotatable bonds is 2. The van der Waals surface area contributed by atoms with Gasteiger partial charge in [-0.15, -0.1) is 24.8 Å². The first kappa shape index (κ1) is 17.8. The number of nitrogens with zero attached hydrogens (tertiary/aromatic N) is 2. The first-order valence-electron chi connectivity index (χ1n) is 6.45. The maximum absolute atomic E-state index is 11.8. The van der Waals surface area contributed by atoms with E-state index >= 15 is 0 Å². The summed E-state index contributed by atoms with van der Waals surface area (Å²) in [5, 5.41) is 2.92. The molecule has 0 saturated carbocycles. The number of nitrogens with one attached hydrogen (secondary N) is 2. The van der Waals surface area contributed by atoms with Crippen LogP contribution in [0.2, 0.25) is 0 Å². The van der Waals surface area contributed by atoms with Crippen LogP contribution in [0, 0.1) is 0 Å². The van der Waals surface area contributed by atoms with Crippen molar-refractivity contribution >= 4 is 42.3 Å². The number of hydrogen-bond donors (Lipinski definition) is 4. The average Bonchev–Trinajstić information content (AvgIpc) is 2.69. The standard InChI is InChI=1S/C11H18N6O2.2ClH/c12-10-15-8-7(9(18)16-10)14-11(13)17(8)5-6-3-1-2-4-19-6;;/h6,11,14H,1-5,13H2,(H3,12,15,16,18);2*1H. The number of aromatic amines is 1. The maximum atomic E-state index is 11.8. The lowest BCUT2D eigenvalue weighted by molar-refractivity contribution is 0.0204. The van der Waals surface area contributed by atoms with Crippen molar-refractivity contribution in [3.63, 3.8) is 0 Å². The van der Waals surface area contributed by atoms with E-state index in [1.54, 1.807) is 0 Å². The maximum Gasteiger partial charge on any atom is 0.277 e. The minimum Gasteiger partial charge on any atom is -0.376 e. The highest BCUT2D eigenvalue weighted by atomic mass is 35.5. The van der Waals surface area contributed by atoms with Gasteiger partial charge in [-0.1, -0.05) is 0 Å². The fourth-order valence-electron chi connectivity index (χ4n) is 2.54. The van der Waals surface area contributed by atoms with Crippen molar-refractivity contribution in [3.8, 4) is 0 Å². The number of nitrogens with two attached hydrogens (primary N) is 2. The summed E-state index contributed by atoms with van der Waals surface area (Å²) in [5.74, 6) is 0.595. The molecule has 1 saturated heterocycles. The summed E-state index contributed by atoms with van der Waals surface area (Å²) in [6, 6.07) is 0. The highest BCUT2D eigenvalue weighted by Crippen LogP contribution is 2.29. The van der Waals surface area contributed by atoms with Gasteiger partial charge < -0.3 is 20.7 Å². The Kier molecular flexibility index (Phi) is 6.09. The summed E-state index contributed by atoms with van der Waals surface area (Å²) in [4.78, 5) is 20.2. The summed E-state index contributed by atoms with van der Waals surface area (Å²) in [6.07, 6.45) is 2.89. The van der Waals surface area contributed by atoms with E-state index in [1.807, 2.05) is 4.90 Å². The number of halogens is 2. The molecule has 2 aliphatic rings. The third-order valence-electron chi connectivity index (χ3n) is 3.49. The monoisotopic (exact) mass is 338 g/mol. The molecule has 1 aromatic rings. The Bertz CT molecular complexity index is 534. The molecule has 0 aromatic carbocycles. The van der Waals surface area contributed by atoms with Crippen LogP contribution in [-0.4, -0.2) is 35.5 Å². The van der Waals surface area contributed by atoms with Crippen molar-refractivity contribution in [1.29, 1.82) is 0 Å². The van der Waals surface area contributed by atoms with Gasteiger partial charge >= 0.3 is 0 Å². The third-order valence-corrected chi connectivity index (χ3v) is 3.49. The number of nitrogen functional groups attached to an aromatic ring is 1. The molecule has 21 heavy (non-hydrogen) atoms.